The van der Waals surface area contributed by atoms with Crippen LogP contribution in [0.3, 0.4) is 0 Å². The lowest BCUT2D eigenvalue weighted by molar-refractivity contribution is -0.129. The highest BCUT2D eigenvalue weighted by atomic mass is 16.3. The van der Waals surface area contributed by atoms with Gasteiger partial charge in [0.1, 0.15) is 0 Å². The zero-order valence-corrected chi connectivity index (χ0v) is 17.4. The summed E-state index contributed by atoms with van der Waals surface area (Å²) in [6.45, 7) is 5.57. The summed E-state index contributed by atoms with van der Waals surface area (Å²) in [6, 6.07) is 7.10. The van der Waals surface area contributed by atoms with E-state index in [2.05, 4.69) is 15.0 Å². The largest absolute Gasteiger partial charge is 0.387 e. The molecule has 2 saturated heterocycles. The maximum absolute atomic E-state index is 12.3. The summed E-state index contributed by atoms with van der Waals surface area (Å²) >= 11 is 0. The fraction of sp³-hybridized carbons (Fsp3) is 0.545. The lowest BCUT2D eigenvalue weighted by Gasteiger charge is -2.36. The fourth-order valence-electron chi connectivity index (χ4n) is 4.50. The monoisotopic (exact) mass is 411 g/mol. The molecule has 0 bridgehead atoms. The fourth-order valence-corrected chi connectivity index (χ4v) is 4.50. The SMILES string of the molecule is CC(=O)N1CCC(O)(CN2CCC(Cn3nc(-c4ccncc4)ccc3=O)CC2)C1. The minimum atomic E-state index is -0.810. The minimum Gasteiger partial charge on any atom is -0.387 e. The molecule has 0 spiro atoms. The molecule has 1 atom stereocenters. The highest BCUT2D eigenvalue weighted by molar-refractivity contribution is 5.73. The summed E-state index contributed by atoms with van der Waals surface area (Å²) in [7, 11) is 0. The first kappa shape index (κ1) is 20.7. The summed E-state index contributed by atoms with van der Waals surface area (Å²) in [5.41, 5.74) is 0.821. The molecule has 2 aromatic rings. The average Bonchev–Trinajstić information content (AvgIpc) is 3.14. The Balaban J connectivity index is 1.33. The number of carbonyl (C=O) groups excluding carboxylic acids is 1. The number of aliphatic hydroxyl groups is 1. The van der Waals surface area contributed by atoms with Crippen molar-refractivity contribution in [2.45, 2.75) is 38.3 Å². The number of pyridine rings is 1. The Hall–Kier alpha value is -2.58. The third kappa shape index (κ3) is 4.76. The molecule has 1 unspecified atom stereocenters. The Morgan fingerprint density at radius 2 is 1.90 bits per heavy atom. The number of nitrogens with zero attached hydrogens (tertiary/aromatic N) is 5. The number of amides is 1. The number of hydrogen-bond donors (Lipinski definition) is 1. The number of hydrogen-bond acceptors (Lipinski definition) is 6. The normalized spacial score (nSPS) is 23.1. The van der Waals surface area contributed by atoms with Gasteiger partial charge in [-0.05, 0) is 56.5 Å². The molecule has 160 valence electrons. The number of β-amino-alcohol motifs (C(OH)–C–C–N with tert-alkyl or cyclic N) is 1. The molecular formula is C22H29N5O3. The van der Waals surface area contributed by atoms with Crippen LogP contribution in [-0.4, -0.2) is 73.9 Å². The first-order valence-electron chi connectivity index (χ1n) is 10.6. The molecule has 1 N–H and O–H groups in total. The Morgan fingerprint density at radius 1 is 1.17 bits per heavy atom. The zero-order chi connectivity index (χ0) is 21.1. The second kappa shape index (κ2) is 8.65. The first-order valence-corrected chi connectivity index (χ1v) is 10.6. The summed E-state index contributed by atoms with van der Waals surface area (Å²) in [6.07, 6.45) is 5.99. The maximum atomic E-state index is 12.3. The van der Waals surface area contributed by atoms with Crippen molar-refractivity contribution in [3.05, 3.63) is 47.0 Å². The topological polar surface area (TPSA) is 91.6 Å². The highest BCUT2D eigenvalue weighted by Crippen LogP contribution is 2.26. The zero-order valence-electron chi connectivity index (χ0n) is 17.4. The number of carbonyl (C=O) groups is 1. The summed E-state index contributed by atoms with van der Waals surface area (Å²) in [5.74, 6) is 0.405. The Morgan fingerprint density at radius 3 is 2.57 bits per heavy atom. The molecule has 2 aromatic heterocycles. The van der Waals surface area contributed by atoms with Crippen molar-refractivity contribution in [2.24, 2.45) is 5.92 Å². The Kier molecular flexibility index (Phi) is 5.97. The predicted octanol–water partition coefficient (Wildman–Crippen LogP) is 1.00. The Bertz CT molecular complexity index is 939. The standard InChI is InChI=1S/C22H29N5O3/c1-17(28)26-13-8-22(30,16-26)15-25-11-6-18(7-12-25)14-27-21(29)3-2-20(24-27)19-4-9-23-10-5-19/h2-5,9-10,18,30H,6-8,11-16H2,1H3. The summed E-state index contributed by atoms with van der Waals surface area (Å²) in [5, 5.41) is 15.4. The van der Waals surface area contributed by atoms with Crippen molar-refractivity contribution < 1.29 is 9.90 Å². The molecule has 0 aromatic carbocycles. The van der Waals surface area contributed by atoms with E-state index >= 15 is 0 Å². The van der Waals surface area contributed by atoms with E-state index in [0.717, 1.165) is 37.2 Å². The van der Waals surface area contributed by atoms with E-state index in [-0.39, 0.29) is 11.5 Å². The van der Waals surface area contributed by atoms with Gasteiger partial charge in [0.15, 0.2) is 0 Å². The van der Waals surface area contributed by atoms with E-state index in [1.807, 2.05) is 12.1 Å². The molecule has 8 nitrogen and oxygen atoms in total. The average molecular weight is 412 g/mol. The summed E-state index contributed by atoms with van der Waals surface area (Å²) < 4.78 is 1.57. The second-order valence-corrected chi connectivity index (χ2v) is 8.61. The van der Waals surface area contributed by atoms with E-state index < -0.39 is 5.60 Å². The lowest BCUT2D eigenvalue weighted by Crippen LogP contribution is -2.48. The number of rotatable bonds is 5. The molecule has 8 heteroatoms. The van der Waals surface area contributed by atoms with Gasteiger partial charge in [-0.15, -0.1) is 0 Å². The molecule has 2 fully saturated rings. The molecule has 1 amide bonds. The van der Waals surface area contributed by atoms with E-state index in [9.17, 15) is 14.7 Å². The van der Waals surface area contributed by atoms with Gasteiger partial charge in [-0.2, -0.15) is 5.10 Å². The van der Waals surface area contributed by atoms with E-state index in [1.165, 1.54) is 0 Å². The molecule has 0 aliphatic carbocycles. The van der Waals surface area contributed by atoms with Gasteiger partial charge in [-0.1, -0.05) is 0 Å². The third-order valence-corrected chi connectivity index (χ3v) is 6.28. The molecule has 2 aliphatic rings. The van der Waals surface area contributed by atoms with Crippen LogP contribution in [0.4, 0.5) is 0 Å². The number of likely N-dealkylation sites (tertiary alicyclic amines) is 2. The van der Waals surface area contributed by atoms with Crippen LogP contribution in [0.15, 0.2) is 41.5 Å². The van der Waals surface area contributed by atoms with Gasteiger partial charge in [0, 0.05) is 50.6 Å². The van der Waals surface area contributed by atoms with Crippen LogP contribution in [0.5, 0.6) is 0 Å². The molecule has 4 rings (SSSR count). The van der Waals surface area contributed by atoms with Gasteiger partial charge >= 0.3 is 0 Å². The van der Waals surface area contributed by atoms with Gasteiger partial charge in [0.2, 0.25) is 5.91 Å². The van der Waals surface area contributed by atoms with Crippen LogP contribution in [0.1, 0.15) is 26.2 Å². The van der Waals surface area contributed by atoms with Crippen LogP contribution < -0.4 is 5.56 Å². The number of piperidine rings is 1. The highest BCUT2D eigenvalue weighted by Gasteiger charge is 2.39. The first-order chi connectivity index (χ1) is 14.4. The van der Waals surface area contributed by atoms with Crippen molar-refractivity contribution >= 4 is 5.91 Å². The van der Waals surface area contributed by atoms with Crippen LogP contribution >= 0.6 is 0 Å². The van der Waals surface area contributed by atoms with Gasteiger partial charge in [0.05, 0.1) is 17.8 Å². The van der Waals surface area contributed by atoms with Crippen LogP contribution in [0.25, 0.3) is 11.3 Å². The van der Waals surface area contributed by atoms with Crippen molar-refractivity contribution in [1.82, 2.24) is 24.6 Å². The minimum absolute atomic E-state index is 0.0246. The predicted molar refractivity (Wildman–Crippen MR) is 113 cm³/mol. The molecular weight excluding hydrogens is 382 g/mol. The van der Waals surface area contributed by atoms with E-state index in [1.54, 1.807) is 41.0 Å². The lowest BCUT2D eigenvalue weighted by atomic mass is 9.94. The number of aromatic nitrogens is 3. The van der Waals surface area contributed by atoms with Crippen LogP contribution in [0, 0.1) is 5.92 Å². The van der Waals surface area contributed by atoms with E-state index in [0.29, 0.717) is 38.5 Å². The molecule has 0 radical (unpaired) electrons. The molecule has 4 heterocycles. The van der Waals surface area contributed by atoms with Crippen molar-refractivity contribution in [3.63, 3.8) is 0 Å². The van der Waals surface area contributed by atoms with Gasteiger partial charge in [-0.3, -0.25) is 14.6 Å². The third-order valence-electron chi connectivity index (χ3n) is 6.28. The van der Waals surface area contributed by atoms with Crippen molar-refractivity contribution in [3.8, 4) is 11.3 Å². The summed E-state index contributed by atoms with van der Waals surface area (Å²) in [4.78, 5) is 31.9. The molecule has 0 saturated carbocycles. The quantitative estimate of drug-likeness (QED) is 0.789. The van der Waals surface area contributed by atoms with Gasteiger partial charge < -0.3 is 14.9 Å². The van der Waals surface area contributed by atoms with Crippen molar-refractivity contribution in [1.29, 1.82) is 0 Å². The van der Waals surface area contributed by atoms with Gasteiger partial charge in [0.25, 0.3) is 5.56 Å². The van der Waals surface area contributed by atoms with Crippen LogP contribution in [-0.2, 0) is 11.3 Å². The Labute approximate surface area is 176 Å². The van der Waals surface area contributed by atoms with Crippen LogP contribution in [0.2, 0.25) is 0 Å². The smallest absolute Gasteiger partial charge is 0.266 e. The molecule has 2 aliphatic heterocycles. The maximum Gasteiger partial charge on any atom is 0.266 e. The van der Waals surface area contributed by atoms with Gasteiger partial charge in [-0.25, -0.2) is 4.68 Å². The van der Waals surface area contributed by atoms with E-state index in [4.69, 9.17) is 0 Å². The second-order valence-electron chi connectivity index (χ2n) is 8.61. The molecule has 30 heavy (non-hydrogen) atoms. The van der Waals surface area contributed by atoms with Crippen molar-refractivity contribution in [2.75, 3.05) is 32.7 Å².